The van der Waals surface area contributed by atoms with Gasteiger partial charge in [0.1, 0.15) is 5.75 Å². The number of piperazine rings is 1. The second kappa shape index (κ2) is 11.3. The molecule has 0 spiro atoms. The van der Waals surface area contributed by atoms with Crippen molar-refractivity contribution in [2.24, 2.45) is 4.99 Å². The van der Waals surface area contributed by atoms with Crippen molar-refractivity contribution in [3.05, 3.63) is 54.1 Å². The smallest absolute Gasteiger partial charge is 0.194 e. The van der Waals surface area contributed by atoms with Crippen LogP contribution in [0.2, 0.25) is 0 Å². The number of phenols is 1. The van der Waals surface area contributed by atoms with Crippen molar-refractivity contribution in [2.45, 2.75) is 13.5 Å². The van der Waals surface area contributed by atoms with Gasteiger partial charge in [-0.15, -0.1) is 0 Å². The van der Waals surface area contributed by atoms with Crippen molar-refractivity contribution < 1.29 is 9.84 Å². The highest BCUT2D eigenvalue weighted by molar-refractivity contribution is 5.80. The van der Waals surface area contributed by atoms with Crippen LogP contribution in [0.3, 0.4) is 0 Å². The summed E-state index contributed by atoms with van der Waals surface area (Å²) in [5.74, 6) is 1.28. The predicted octanol–water partition coefficient (Wildman–Crippen LogP) is 2.74. The first-order valence-corrected chi connectivity index (χ1v) is 10.6. The maximum Gasteiger partial charge on any atom is 0.194 e. The molecule has 0 bridgehead atoms. The van der Waals surface area contributed by atoms with E-state index >= 15 is 0 Å². The molecule has 0 aromatic heterocycles. The molecule has 3 rings (SSSR count). The van der Waals surface area contributed by atoms with Gasteiger partial charge < -0.3 is 30.3 Å². The second-order valence-corrected chi connectivity index (χ2v) is 7.25. The molecule has 1 saturated heterocycles. The van der Waals surface area contributed by atoms with Gasteiger partial charge in [-0.2, -0.15) is 0 Å². The Morgan fingerprint density at radius 3 is 2.47 bits per heavy atom. The molecular weight excluding hydrogens is 378 g/mol. The molecule has 3 N–H and O–H groups in total. The fourth-order valence-electron chi connectivity index (χ4n) is 3.51. The molecule has 0 saturated carbocycles. The molecular formula is C23H33N5O2. The van der Waals surface area contributed by atoms with E-state index in [4.69, 9.17) is 9.73 Å². The zero-order chi connectivity index (χ0) is 21.2. The monoisotopic (exact) mass is 411 g/mol. The first-order valence-electron chi connectivity index (χ1n) is 10.6. The van der Waals surface area contributed by atoms with Crippen molar-refractivity contribution in [1.82, 2.24) is 10.2 Å². The van der Waals surface area contributed by atoms with Gasteiger partial charge in [-0.25, -0.2) is 4.99 Å². The Labute approximate surface area is 179 Å². The summed E-state index contributed by atoms with van der Waals surface area (Å²) in [7, 11) is 1.70. The number of nitrogens with one attached hydrogen (secondary N) is 2. The molecule has 162 valence electrons. The normalized spacial score (nSPS) is 14.7. The summed E-state index contributed by atoms with van der Waals surface area (Å²) >= 11 is 0. The van der Waals surface area contributed by atoms with Crippen LogP contribution in [0.25, 0.3) is 0 Å². The number of rotatable bonds is 8. The lowest BCUT2D eigenvalue weighted by atomic mass is 10.2. The van der Waals surface area contributed by atoms with Gasteiger partial charge in [-0.1, -0.05) is 24.3 Å². The minimum absolute atomic E-state index is 0.340. The Hall–Kier alpha value is -2.93. The maximum absolute atomic E-state index is 10.1. The number of guanidine groups is 1. The van der Waals surface area contributed by atoms with Gasteiger partial charge in [0.2, 0.25) is 0 Å². The SMILES string of the molecule is CCNC(=NCc1ccc(NCCOC)cc1)N1CCN(c2ccccc2O)CC1. The van der Waals surface area contributed by atoms with E-state index in [9.17, 15) is 5.11 Å². The minimum Gasteiger partial charge on any atom is -0.506 e. The number of aliphatic imine (C=N–C) groups is 1. The Morgan fingerprint density at radius 2 is 1.80 bits per heavy atom. The summed E-state index contributed by atoms with van der Waals surface area (Å²) in [6.45, 7) is 8.48. The van der Waals surface area contributed by atoms with Gasteiger partial charge in [0.25, 0.3) is 0 Å². The highest BCUT2D eigenvalue weighted by Gasteiger charge is 2.21. The molecule has 0 atom stereocenters. The van der Waals surface area contributed by atoms with Gasteiger partial charge in [-0.05, 0) is 36.8 Å². The van der Waals surface area contributed by atoms with Crippen molar-refractivity contribution in [1.29, 1.82) is 0 Å². The summed E-state index contributed by atoms with van der Waals surface area (Å²) in [6, 6.07) is 15.9. The van der Waals surface area contributed by atoms with E-state index in [1.165, 1.54) is 5.56 Å². The number of anilines is 2. The minimum atomic E-state index is 0.340. The molecule has 0 aliphatic carbocycles. The van der Waals surface area contributed by atoms with E-state index in [1.54, 1.807) is 13.2 Å². The van der Waals surface area contributed by atoms with Crippen LogP contribution >= 0.6 is 0 Å². The number of ether oxygens (including phenoxy) is 1. The number of para-hydroxylation sites is 2. The third-order valence-electron chi connectivity index (χ3n) is 5.14. The van der Waals surface area contributed by atoms with Crippen LogP contribution in [0.4, 0.5) is 11.4 Å². The molecule has 0 unspecified atom stereocenters. The Bertz CT molecular complexity index is 801. The van der Waals surface area contributed by atoms with Crippen LogP contribution in [0.5, 0.6) is 5.75 Å². The lowest BCUT2D eigenvalue weighted by molar-refractivity contribution is 0.211. The second-order valence-electron chi connectivity index (χ2n) is 7.25. The Balaban J connectivity index is 1.56. The third kappa shape index (κ3) is 6.03. The van der Waals surface area contributed by atoms with Crippen LogP contribution in [0.1, 0.15) is 12.5 Å². The van der Waals surface area contributed by atoms with E-state index in [0.717, 1.165) is 56.6 Å². The molecule has 1 aliphatic rings. The topological polar surface area (TPSA) is 72.4 Å². The van der Waals surface area contributed by atoms with Crippen molar-refractivity contribution >= 4 is 17.3 Å². The number of aromatic hydroxyl groups is 1. The molecule has 0 amide bonds. The highest BCUT2D eigenvalue weighted by atomic mass is 16.5. The van der Waals surface area contributed by atoms with Crippen molar-refractivity contribution in [2.75, 3.05) is 63.2 Å². The number of methoxy groups -OCH3 is 1. The van der Waals surface area contributed by atoms with Gasteiger partial charge in [0.05, 0.1) is 18.8 Å². The van der Waals surface area contributed by atoms with Gasteiger partial charge in [0, 0.05) is 52.1 Å². The van der Waals surface area contributed by atoms with Crippen LogP contribution in [0, 0.1) is 0 Å². The van der Waals surface area contributed by atoms with Crippen LogP contribution < -0.4 is 15.5 Å². The third-order valence-corrected chi connectivity index (χ3v) is 5.14. The largest absolute Gasteiger partial charge is 0.506 e. The molecule has 0 radical (unpaired) electrons. The average Bonchev–Trinajstić information content (AvgIpc) is 2.78. The summed E-state index contributed by atoms with van der Waals surface area (Å²) in [4.78, 5) is 9.37. The molecule has 1 fully saturated rings. The molecule has 7 heteroatoms. The predicted molar refractivity (Wildman–Crippen MR) is 124 cm³/mol. The number of hydrogen-bond donors (Lipinski definition) is 3. The summed E-state index contributed by atoms with van der Waals surface area (Å²) in [5.41, 5.74) is 3.17. The zero-order valence-electron chi connectivity index (χ0n) is 18.0. The average molecular weight is 412 g/mol. The number of benzene rings is 2. The van der Waals surface area contributed by atoms with Crippen LogP contribution in [-0.4, -0.2) is 69.0 Å². The first-order chi connectivity index (χ1) is 14.7. The maximum atomic E-state index is 10.1. The molecule has 1 aliphatic heterocycles. The standard InChI is InChI=1S/C23H33N5O2/c1-3-24-23(26-18-19-8-10-20(11-9-19)25-12-17-30-2)28-15-13-27(14-16-28)21-6-4-5-7-22(21)29/h4-11,25,29H,3,12-18H2,1-2H3,(H,24,26). The molecule has 7 nitrogen and oxygen atoms in total. The Morgan fingerprint density at radius 1 is 1.07 bits per heavy atom. The summed E-state index contributed by atoms with van der Waals surface area (Å²) in [5, 5.41) is 16.9. The zero-order valence-corrected chi connectivity index (χ0v) is 18.0. The number of hydrogen-bond acceptors (Lipinski definition) is 5. The quantitative estimate of drug-likeness (QED) is 0.352. The van der Waals surface area contributed by atoms with Crippen molar-refractivity contribution in [3.63, 3.8) is 0 Å². The Kier molecular flexibility index (Phi) is 8.20. The molecule has 2 aromatic rings. The number of phenolic OH excluding ortho intramolecular Hbond substituents is 1. The van der Waals surface area contributed by atoms with E-state index in [-0.39, 0.29) is 0 Å². The first kappa shape index (κ1) is 21.8. The highest BCUT2D eigenvalue weighted by Crippen LogP contribution is 2.27. The van der Waals surface area contributed by atoms with Crippen LogP contribution in [-0.2, 0) is 11.3 Å². The lowest BCUT2D eigenvalue weighted by Gasteiger charge is -2.37. The molecule has 2 aromatic carbocycles. The molecule has 30 heavy (non-hydrogen) atoms. The van der Waals surface area contributed by atoms with Gasteiger partial charge >= 0.3 is 0 Å². The van der Waals surface area contributed by atoms with E-state index in [0.29, 0.717) is 18.9 Å². The van der Waals surface area contributed by atoms with E-state index in [2.05, 4.69) is 51.6 Å². The fourth-order valence-corrected chi connectivity index (χ4v) is 3.51. The lowest BCUT2D eigenvalue weighted by Crippen LogP contribution is -2.52. The van der Waals surface area contributed by atoms with Gasteiger partial charge in [0.15, 0.2) is 5.96 Å². The van der Waals surface area contributed by atoms with E-state index in [1.807, 2.05) is 18.2 Å². The number of nitrogens with zero attached hydrogens (tertiary/aromatic N) is 3. The van der Waals surface area contributed by atoms with Crippen molar-refractivity contribution in [3.8, 4) is 5.75 Å². The summed E-state index contributed by atoms with van der Waals surface area (Å²) < 4.78 is 5.06. The van der Waals surface area contributed by atoms with Gasteiger partial charge in [-0.3, -0.25) is 0 Å². The summed E-state index contributed by atoms with van der Waals surface area (Å²) in [6.07, 6.45) is 0. The van der Waals surface area contributed by atoms with Crippen LogP contribution in [0.15, 0.2) is 53.5 Å². The molecule has 1 heterocycles. The van der Waals surface area contributed by atoms with E-state index < -0.39 is 0 Å². The fraction of sp³-hybridized carbons (Fsp3) is 0.435.